The van der Waals surface area contributed by atoms with Gasteiger partial charge in [0.25, 0.3) is 0 Å². The molecule has 1 fully saturated rings. The normalized spacial score (nSPS) is 19.5. The maximum absolute atomic E-state index is 8.76. The molecule has 0 amide bonds. The fraction of sp³-hybridized carbons (Fsp3) is 0.500. The highest BCUT2D eigenvalue weighted by Crippen LogP contribution is 2.20. The van der Waals surface area contributed by atoms with Crippen LogP contribution in [0.25, 0.3) is 0 Å². The molecular weight excluding hydrogens is 212 g/mol. The minimum atomic E-state index is 0.465. The molecule has 92 valence electrons. The van der Waals surface area contributed by atoms with Crippen molar-refractivity contribution >= 4 is 5.71 Å². The average molecular weight is 232 g/mol. The van der Waals surface area contributed by atoms with Crippen molar-refractivity contribution in [2.24, 2.45) is 11.1 Å². The van der Waals surface area contributed by atoms with Crippen molar-refractivity contribution < 1.29 is 5.21 Å². The second-order valence-corrected chi connectivity index (χ2v) is 4.78. The Morgan fingerprint density at radius 1 is 1.29 bits per heavy atom. The SMILES string of the molecule is CC(=NO)C1CCN(Cc2ccccc2)CC1. The standard InChI is InChI=1S/C14H20N2O/c1-12(15-17)14-7-9-16(10-8-14)11-13-5-3-2-4-6-13/h2-6,14,17H,7-11H2,1H3. The molecule has 3 nitrogen and oxygen atoms in total. The highest BCUT2D eigenvalue weighted by molar-refractivity contribution is 5.83. The third-order valence-corrected chi connectivity index (χ3v) is 3.59. The van der Waals surface area contributed by atoms with Crippen molar-refractivity contribution in [1.29, 1.82) is 0 Å². The first kappa shape index (κ1) is 12.1. The molecule has 17 heavy (non-hydrogen) atoms. The molecule has 0 spiro atoms. The molecule has 1 heterocycles. The fourth-order valence-corrected chi connectivity index (χ4v) is 2.43. The molecule has 1 aromatic carbocycles. The number of benzene rings is 1. The lowest BCUT2D eigenvalue weighted by Gasteiger charge is -2.31. The van der Waals surface area contributed by atoms with Crippen molar-refractivity contribution in [2.45, 2.75) is 26.3 Å². The van der Waals surface area contributed by atoms with Crippen molar-refractivity contribution in [3.8, 4) is 0 Å². The molecule has 0 saturated carbocycles. The molecule has 0 aliphatic carbocycles. The zero-order chi connectivity index (χ0) is 12.1. The molecule has 1 saturated heterocycles. The van der Waals surface area contributed by atoms with Crippen molar-refractivity contribution in [3.63, 3.8) is 0 Å². The first-order chi connectivity index (χ1) is 8.29. The third kappa shape index (κ3) is 3.30. The number of hydrogen-bond donors (Lipinski definition) is 1. The monoisotopic (exact) mass is 232 g/mol. The molecule has 0 unspecified atom stereocenters. The summed E-state index contributed by atoms with van der Waals surface area (Å²) in [4.78, 5) is 2.47. The topological polar surface area (TPSA) is 35.8 Å². The molecular formula is C14H20N2O. The summed E-state index contributed by atoms with van der Waals surface area (Å²) in [6, 6.07) is 10.6. The molecule has 1 aliphatic heterocycles. The van der Waals surface area contributed by atoms with Gasteiger partial charge in [0.2, 0.25) is 0 Å². The number of rotatable bonds is 3. The maximum Gasteiger partial charge on any atom is 0.0571 e. The van der Waals surface area contributed by atoms with Gasteiger partial charge < -0.3 is 5.21 Å². The number of oxime groups is 1. The molecule has 1 aliphatic rings. The van der Waals surface area contributed by atoms with Crippen LogP contribution in [0.1, 0.15) is 25.3 Å². The quantitative estimate of drug-likeness (QED) is 0.494. The molecule has 3 heteroatoms. The Morgan fingerprint density at radius 2 is 1.94 bits per heavy atom. The summed E-state index contributed by atoms with van der Waals surface area (Å²) in [6.45, 7) is 5.12. The van der Waals surface area contributed by atoms with Crippen LogP contribution in [-0.2, 0) is 6.54 Å². The first-order valence-electron chi connectivity index (χ1n) is 6.24. The molecule has 0 aromatic heterocycles. The molecule has 1 N–H and O–H groups in total. The van der Waals surface area contributed by atoms with E-state index in [-0.39, 0.29) is 0 Å². The Bertz CT molecular complexity index is 367. The lowest BCUT2D eigenvalue weighted by Crippen LogP contribution is -2.35. The van der Waals surface area contributed by atoms with Crippen LogP contribution < -0.4 is 0 Å². The van der Waals surface area contributed by atoms with E-state index in [0.29, 0.717) is 5.92 Å². The van der Waals surface area contributed by atoms with E-state index < -0.39 is 0 Å². The van der Waals surface area contributed by atoms with Gasteiger partial charge in [0, 0.05) is 12.5 Å². The second kappa shape index (κ2) is 5.82. The van der Waals surface area contributed by atoms with E-state index in [2.05, 4.69) is 40.4 Å². The van der Waals surface area contributed by atoms with Crippen LogP contribution in [0.15, 0.2) is 35.5 Å². The highest BCUT2D eigenvalue weighted by atomic mass is 16.4. The Balaban J connectivity index is 1.84. The van der Waals surface area contributed by atoms with Gasteiger partial charge in [-0.3, -0.25) is 4.90 Å². The van der Waals surface area contributed by atoms with E-state index in [1.165, 1.54) is 5.56 Å². The van der Waals surface area contributed by atoms with E-state index in [9.17, 15) is 0 Å². The predicted octanol–water partition coefficient (Wildman–Crippen LogP) is 2.75. The van der Waals surface area contributed by atoms with Crippen LogP contribution >= 0.6 is 0 Å². The van der Waals surface area contributed by atoms with Crippen molar-refractivity contribution in [2.75, 3.05) is 13.1 Å². The van der Waals surface area contributed by atoms with E-state index >= 15 is 0 Å². The van der Waals surface area contributed by atoms with Crippen LogP contribution in [0.3, 0.4) is 0 Å². The number of nitrogens with zero attached hydrogens (tertiary/aromatic N) is 2. The smallest absolute Gasteiger partial charge is 0.0571 e. The lowest BCUT2D eigenvalue weighted by atomic mass is 9.92. The summed E-state index contributed by atoms with van der Waals surface area (Å²) in [5.41, 5.74) is 2.25. The summed E-state index contributed by atoms with van der Waals surface area (Å²) < 4.78 is 0. The van der Waals surface area contributed by atoms with Crippen molar-refractivity contribution in [3.05, 3.63) is 35.9 Å². The van der Waals surface area contributed by atoms with E-state index in [1.54, 1.807) is 0 Å². The minimum Gasteiger partial charge on any atom is -0.411 e. The maximum atomic E-state index is 8.76. The Hall–Kier alpha value is -1.35. The largest absolute Gasteiger partial charge is 0.411 e. The van der Waals surface area contributed by atoms with E-state index in [0.717, 1.165) is 38.2 Å². The number of hydrogen-bond acceptors (Lipinski definition) is 3. The molecule has 0 atom stereocenters. The van der Waals surface area contributed by atoms with Crippen LogP contribution in [0, 0.1) is 5.92 Å². The summed E-state index contributed by atoms with van der Waals surface area (Å²) in [6.07, 6.45) is 2.20. The predicted molar refractivity (Wildman–Crippen MR) is 69.3 cm³/mol. The Labute approximate surface area is 103 Å². The van der Waals surface area contributed by atoms with Crippen LogP contribution in [0.4, 0.5) is 0 Å². The van der Waals surface area contributed by atoms with Gasteiger partial charge in [-0.05, 0) is 38.4 Å². The van der Waals surface area contributed by atoms with Gasteiger partial charge in [-0.25, -0.2) is 0 Å². The van der Waals surface area contributed by atoms with Gasteiger partial charge in [-0.15, -0.1) is 0 Å². The first-order valence-corrected chi connectivity index (χ1v) is 6.24. The summed E-state index contributed by atoms with van der Waals surface area (Å²) in [5, 5.41) is 12.1. The Morgan fingerprint density at radius 3 is 2.53 bits per heavy atom. The molecule has 0 bridgehead atoms. The second-order valence-electron chi connectivity index (χ2n) is 4.78. The van der Waals surface area contributed by atoms with Gasteiger partial charge in [0.05, 0.1) is 5.71 Å². The summed E-state index contributed by atoms with van der Waals surface area (Å²) in [5.74, 6) is 0.465. The van der Waals surface area contributed by atoms with Crippen molar-refractivity contribution in [1.82, 2.24) is 4.90 Å². The fourth-order valence-electron chi connectivity index (χ4n) is 2.43. The lowest BCUT2D eigenvalue weighted by molar-refractivity contribution is 0.199. The zero-order valence-corrected chi connectivity index (χ0v) is 10.3. The molecule has 0 radical (unpaired) electrons. The highest BCUT2D eigenvalue weighted by Gasteiger charge is 2.21. The van der Waals surface area contributed by atoms with Gasteiger partial charge in [-0.1, -0.05) is 35.5 Å². The summed E-state index contributed by atoms with van der Waals surface area (Å²) >= 11 is 0. The number of likely N-dealkylation sites (tertiary alicyclic amines) is 1. The van der Waals surface area contributed by atoms with E-state index in [1.807, 2.05) is 6.92 Å². The summed E-state index contributed by atoms with van der Waals surface area (Å²) in [7, 11) is 0. The van der Waals surface area contributed by atoms with E-state index in [4.69, 9.17) is 5.21 Å². The average Bonchev–Trinajstić information content (AvgIpc) is 2.40. The van der Waals surface area contributed by atoms with Crippen LogP contribution in [0.5, 0.6) is 0 Å². The van der Waals surface area contributed by atoms with Crippen LogP contribution in [0.2, 0.25) is 0 Å². The van der Waals surface area contributed by atoms with Gasteiger partial charge in [0.15, 0.2) is 0 Å². The molecule has 1 aromatic rings. The van der Waals surface area contributed by atoms with Crippen LogP contribution in [-0.4, -0.2) is 28.9 Å². The molecule has 2 rings (SSSR count). The third-order valence-electron chi connectivity index (χ3n) is 3.59. The zero-order valence-electron chi connectivity index (χ0n) is 10.3. The Kier molecular flexibility index (Phi) is 4.15. The van der Waals surface area contributed by atoms with Gasteiger partial charge in [0.1, 0.15) is 0 Å². The number of piperidine rings is 1. The van der Waals surface area contributed by atoms with Gasteiger partial charge >= 0.3 is 0 Å². The van der Waals surface area contributed by atoms with Gasteiger partial charge in [-0.2, -0.15) is 0 Å². The minimum absolute atomic E-state index is 0.465.